The van der Waals surface area contributed by atoms with E-state index in [9.17, 15) is 9.59 Å². The van der Waals surface area contributed by atoms with E-state index >= 15 is 0 Å². The van der Waals surface area contributed by atoms with Crippen LogP contribution < -0.4 is 5.32 Å². The number of carbonyl (C=O) groups is 2. The van der Waals surface area contributed by atoms with Crippen molar-refractivity contribution in [3.8, 4) is 0 Å². The molecule has 0 bridgehead atoms. The van der Waals surface area contributed by atoms with E-state index in [-0.39, 0.29) is 17.3 Å². The molecule has 2 aromatic carbocycles. The van der Waals surface area contributed by atoms with Crippen molar-refractivity contribution in [2.75, 3.05) is 5.75 Å². The van der Waals surface area contributed by atoms with E-state index in [0.717, 1.165) is 11.1 Å². The first-order chi connectivity index (χ1) is 14.2. The lowest BCUT2D eigenvalue weighted by atomic mass is 10.1. The fourth-order valence-corrected chi connectivity index (χ4v) is 4.81. The number of rotatable bonds is 4. The van der Waals surface area contributed by atoms with Crippen LogP contribution in [0.25, 0.3) is 0 Å². The predicted molar refractivity (Wildman–Crippen MR) is 122 cm³/mol. The Balaban J connectivity index is 1.83. The number of halogens is 1. The second-order valence-electron chi connectivity index (χ2n) is 8.28. The fraction of sp³-hybridized carbons (Fsp3) is 0.391. The number of carbonyl (C=O) groups excluding carboxylic acids is 2. The zero-order valence-electron chi connectivity index (χ0n) is 17.6. The molecule has 1 aliphatic rings. The SMILES string of the molecule is C[C@H](NC(=O)[C@@H]1CS[C@@H](c2ccc(Cl)cc2)N1C(=O)OC(C)(C)C)c1ccccc1. The van der Waals surface area contributed by atoms with Crippen LogP contribution in [0, 0.1) is 0 Å². The summed E-state index contributed by atoms with van der Waals surface area (Å²) in [5.74, 6) is 0.293. The maximum atomic E-state index is 13.1. The third kappa shape index (κ3) is 5.49. The Labute approximate surface area is 187 Å². The van der Waals surface area contributed by atoms with E-state index < -0.39 is 17.7 Å². The Hall–Kier alpha value is -2.18. The van der Waals surface area contributed by atoms with Crippen molar-refractivity contribution in [1.82, 2.24) is 10.2 Å². The zero-order valence-corrected chi connectivity index (χ0v) is 19.2. The number of hydrogen-bond donors (Lipinski definition) is 1. The van der Waals surface area contributed by atoms with Crippen LogP contribution >= 0.6 is 23.4 Å². The summed E-state index contributed by atoms with van der Waals surface area (Å²) in [5.41, 5.74) is 1.25. The van der Waals surface area contributed by atoms with Gasteiger partial charge in [-0.05, 0) is 51.0 Å². The van der Waals surface area contributed by atoms with Gasteiger partial charge in [0.15, 0.2) is 0 Å². The van der Waals surface area contributed by atoms with Crippen molar-refractivity contribution in [2.24, 2.45) is 0 Å². The highest BCUT2D eigenvalue weighted by Gasteiger charge is 2.44. The first-order valence-corrected chi connectivity index (χ1v) is 11.3. The van der Waals surface area contributed by atoms with Gasteiger partial charge in [-0.1, -0.05) is 54.1 Å². The Bertz CT molecular complexity index is 884. The van der Waals surface area contributed by atoms with Crippen LogP contribution in [-0.2, 0) is 9.53 Å². The molecule has 2 amide bonds. The van der Waals surface area contributed by atoms with Gasteiger partial charge < -0.3 is 10.1 Å². The summed E-state index contributed by atoms with van der Waals surface area (Å²) >= 11 is 7.57. The molecule has 160 valence electrons. The second kappa shape index (κ2) is 9.31. The summed E-state index contributed by atoms with van der Waals surface area (Å²) in [6.07, 6.45) is -0.500. The zero-order chi connectivity index (χ0) is 21.9. The Morgan fingerprint density at radius 2 is 1.77 bits per heavy atom. The molecule has 0 aromatic heterocycles. The molecule has 5 nitrogen and oxygen atoms in total. The van der Waals surface area contributed by atoms with E-state index in [0.29, 0.717) is 10.8 Å². The van der Waals surface area contributed by atoms with Crippen molar-refractivity contribution in [3.63, 3.8) is 0 Å². The standard InChI is InChI=1S/C23H27ClN2O3S/c1-15(16-8-6-5-7-9-16)25-20(27)19-14-30-21(17-10-12-18(24)13-11-17)26(19)22(28)29-23(2,3)4/h5-13,15,19,21H,14H2,1-4H3,(H,25,27)/t15-,19-,21-/m0/s1. The quantitative estimate of drug-likeness (QED) is 0.667. The van der Waals surface area contributed by atoms with Crippen molar-refractivity contribution >= 4 is 35.4 Å². The number of nitrogens with zero attached hydrogens (tertiary/aromatic N) is 1. The molecule has 1 fully saturated rings. The van der Waals surface area contributed by atoms with Gasteiger partial charge in [0.1, 0.15) is 17.0 Å². The van der Waals surface area contributed by atoms with Crippen LogP contribution in [0.1, 0.15) is 50.2 Å². The van der Waals surface area contributed by atoms with E-state index in [2.05, 4.69) is 5.32 Å². The molecular weight excluding hydrogens is 420 g/mol. The Morgan fingerprint density at radius 1 is 1.13 bits per heavy atom. The summed E-state index contributed by atoms with van der Waals surface area (Å²) in [5, 5.41) is 3.35. The van der Waals surface area contributed by atoms with E-state index in [4.69, 9.17) is 16.3 Å². The third-order valence-corrected chi connectivity index (χ3v) is 6.30. The molecule has 3 atom stereocenters. The van der Waals surface area contributed by atoms with E-state index in [1.54, 1.807) is 28.8 Å². The smallest absolute Gasteiger partial charge is 0.412 e. The molecule has 0 saturated carbocycles. The van der Waals surface area contributed by atoms with Gasteiger partial charge in [-0.15, -0.1) is 11.8 Å². The number of thioether (sulfide) groups is 1. The van der Waals surface area contributed by atoms with Gasteiger partial charge in [0.25, 0.3) is 0 Å². The number of ether oxygens (including phenoxy) is 1. The molecule has 0 spiro atoms. The summed E-state index contributed by atoms with van der Waals surface area (Å²) < 4.78 is 5.63. The molecule has 0 aliphatic carbocycles. The minimum absolute atomic E-state index is 0.168. The maximum absolute atomic E-state index is 13.1. The molecule has 1 N–H and O–H groups in total. The molecular formula is C23H27ClN2O3S. The molecule has 2 aromatic rings. The summed E-state index contributed by atoms with van der Waals surface area (Å²) in [4.78, 5) is 27.8. The molecule has 1 aliphatic heterocycles. The van der Waals surface area contributed by atoms with E-state index in [1.165, 1.54) is 0 Å². The van der Waals surface area contributed by atoms with Gasteiger partial charge in [0.2, 0.25) is 5.91 Å². The van der Waals surface area contributed by atoms with Crippen LogP contribution in [0.4, 0.5) is 4.79 Å². The molecule has 7 heteroatoms. The summed E-state index contributed by atoms with van der Waals surface area (Å²) in [6.45, 7) is 7.39. The lowest BCUT2D eigenvalue weighted by Gasteiger charge is -2.32. The lowest BCUT2D eigenvalue weighted by molar-refractivity contribution is -0.126. The normalized spacial score (nSPS) is 20.0. The predicted octanol–water partition coefficient (Wildman–Crippen LogP) is 5.57. The van der Waals surface area contributed by atoms with Gasteiger partial charge in [-0.25, -0.2) is 4.79 Å². The van der Waals surface area contributed by atoms with Crippen LogP contribution in [0.5, 0.6) is 0 Å². The van der Waals surface area contributed by atoms with E-state index in [1.807, 2.05) is 70.2 Å². The molecule has 1 saturated heterocycles. The second-order valence-corrected chi connectivity index (χ2v) is 9.83. The van der Waals surface area contributed by atoms with Gasteiger partial charge in [0, 0.05) is 10.8 Å². The molecule has 0 unspecified atom stereocenters. The van der Waals surface area contributed by atoms with Crippen LogP contribution in [0.15, 0.2) is 54.6 Å². The molecule has 0 radical (unpaired) electrons. The van der Waals surface area contributed by atoms with Crippen molar-refractivity contribution in [3.05, 3.63) is 70.7 Å². The van der Waals surface area contributed by atoms with Gasteiger partial charge in [0.05, 0.1) is 6.04 Å². The molecule has 1 heterocycles. The van der Waals surface area contributed by atoms with Gasteiger partial charge in [-0.2, -0.15) is 0 Å². The summed E-state index contributed by atoms with van der Waals surface area (Å²) in [6, 6.07) is 16.3. The average Bonchev–Trinajstić information content (AvgIpc) is 3.13. The van der Waals surface area contributed by atoms with Crippen molar-refractivity contribution in [2.45, 2.75) is 50.8 Å². The average molecular weight is 447 g/mol. The maximum Gasteiger partial charge on any atom is 0.412 e. The van der Waals surface area contributed by atoms with Crippen molar-refractivity contribution < 1.29 is 14.3 Å². The summed E-state index contributed by atoms with van der Waals surface area (Å²) in [7, 11) is 0. The lowest BCUT2D eigenvalue weighted by Crippen LogP contribution is -2.49. The highest BCUT2D eigenvalue weighted by Crippen LogP contribution is 2.42. The first-order valence-electron chi connectivity index (χ1n) is 9.89. The largest absolute Gasteiger partial charge is 0.444 e. The highest BCUT2D eigenvalue weighted by atomic mass is 35.5. The number of hydrogen-bond acceptors (Lipinski definition) is 4. The van der Waals surface area contributed by atoms with Crippen molar-refractivity contribution in [1.29, 1.82) is 0 Å². The fourth-order valence-electron chi connectivity index (χ4n) is 3.26. The number of nitrogens with one attached hydrogen (secondary N) is 1. The Kier molecular flexibility index (Phi) is 6.98. The number of amides is 2. The van der Waals surface area contributed by atoms with Gasteiger partial charge in [-0.3, -0.25) is 9.69 Å². The third-order valence-electron chi connectivity index (χ3n) is 4.72. The first kappa shape index (κ1) is 22.5. The highest BCUT2D eigenvalue weighted by molar-refractivity contribution is 7.99. The monoisotopic (exact) mass is 446 g/mol. The molecule has 3 rings (SSSR count). The van der Waals surface area contributed by atoms with Gasteiger partial charge >= 0.3 is 6.09 Å². The van der Waals surface area contributed by atoms with Crippen LogP contribution in [-0.4, -0.2) is 34.3 Å². The minimum atomic E-state index is -0.659. The topological polar surface area (TPSA) is 58.6 Å². The Morgan fingerprint density at radius 3 is 2.37 bits per heavy atom. The minimum Gasteiger partial charge on any atom is -0.444 e. The number of benzene rings is 2. The molecule has 30 heavy (non-hydrogen) atoms. The van der Waals surface area contributed by atoms with Crippen LogP contribution in [0.3, 0.4) is 0 Å². The van der Waals surface area contributed by atoms with Crippen LogP contribution in [0.2, 0.25) is 5.02 Å².